The molecular weight excluding hydrogens is 356 g/mol. The molecule has 1 fully saturated rings. The lowest BCUT2D eigenvalue weighted by atomic mass is 10.0. The van der Waals surface area contributed by atoms with Gasteiger partial charge in [-0.25, -0.2) is 0 Å². The fraction of sp³-hybridized carbons (Fsp3) is 0.286. The van der Waals surface area contributed by atoms with Crippen LogP contribution in [0.2, 0.25) is 0 Å². The average molecular weight is 378 g/mol. The van der Waals surface area contributed by atoms with E-state index in [0.717, 1.165) is 35.1 Å². The van der Waals surface area contributed by atoms with Crippen molar-refractivity contribution in [3.8, 4) is 11.1 Å². The summed E-state index contributed by atoms with van der Waals surface area (Å²) in [4.78, 5) is 28.4. The van der Waals surface area contributed by atoms with Gasteiger partial charge < -0.3 is 14.4 Å². The summed E-state index contributed by atoms with van der Waals surface area (Å²) in [5, 5.41) is 12.0. The van der Waals surface area contributed by atoms with E-state index < -0.39 is 4.92 Å². The van der Waals surface area contributed by atoms with Crippen LogP contribution >= 0.6 is 0 Å². The number of nitro benzene ring substituents is 1. The van der Waals surface area contributed by atoms with E-state index in [0.29, 0.717) is 18.8 Å². The first-order valence-electron chi connectivity index (χ1n) is 9.27. The third-order valence-electron chi connectivity index (χ3n) is 5.45. The molecule has 1 aromatic heterocycles. The fourth-order valence-electron chi connectivity index (χ4n) is 3.85. The maximum absolute atomic E-state index is 13.5. The van der Waals surface area contributed by atoms with Gasteiger partial charge in [0.25, 0.3) is 11.6 Å². The molecule has 1 aliphatic heterocycles. The lowest BCUT2D eigenvalue weighted by Gasteiger charge is -2.32. The number of non-ortho nitro benzene ring substituents is 1. The van der Waals surface area contributed by atoms with Crippen LogP contribution in [0.3, 0.4) is 0 Å². The molecule has 0 spiro atoms. The number of nitrogens with zero attached hydrogens (tertiary/aromatic N) is 4. The van der Waals surface area contributed by atoms with Crippen LogP contribution in [0.4, 0.5) is 5.69 Å². The maximum Gasteiger partial charge on any atom is 0.271 e. The van der Waals surface area contributed by atoms with Crippen LogP contribution < -0.4 is 0 Å². The Morgan fingerprint density at radius 2 is 1.68 bits per heavy atom. The predicted molar refractivity (Wildman–Crippen MR) is 108 cm³/mol. The minimum atomic E-state index is -0.400. The van der Waals surface area contributed by atoms with Crippen LogP contribution in [-0.4, -0.2) is 58.4 Å². The number of hydrogen-bond acceptors (Lipinski definition) is 4. The highest BCUT2D eigenvalue weighted by molar-refractivity contribution is 6.10. The smallest absolute Gasteiger partial charge is 0.271 e. The SMILES string of the molecule is CN1CCN(C(=O)c2c(-c3ccccc3)c3cc([N+](=O)[O-])ccc3n2C)CC1. The Kier molecular flexibility index (Phi) is 4.60. The Hall–Kier alpha value is -3.19. The van der Waals surface area contributed by atoms with E-state index in [9.17, 15) is 14.9 Å². The van der Waals surface area contributed by atoms with Gasteiger partial charge in [-0.1, -0.05) is 30.3 Å². The number of aromatic nitrogens is 1. The van der Waals surface area contributed by atoms with Crippen LogP contribution in [0, 0.1) is 10.1 Å². The lowest BCUT2D eigenvalue weighted by Crippen LogP contribution is -2.47. The molecule has 28 heavy (non-hydrogen) atoms. The molecule has 7 nitrogen and oxygen atoms in total. The third kappa shape index (κ3) is 3.03. The third-order valence-corrected chi connectivity index (χ3v) is 5.45. The zero-order valence-corrected chi connectivity index (χ0v) is 16.0. The highest BCUT2D eigenvalue weighted by Crippen LogP contribution is 2.37. The van der Waals surface area contributed by atoms with Crippen molar-refractivity contribution in [2.24, 2.45) is 7.05 Å². The Morgan fingerprint density at radius 3 is 2.32 bits per heavy atom. The summed E-state index contributed by atoms with van der Waals surface area (Å²) in [7, 11) is 3.90. The molecule has 0 bridgehead atoms. The second-order valence-corrected chi connectivity index (χ2v) is 7.20. The minimum absolute atomic E-state index is 0.0221. The van der Waals surface area contributed by atoms with E-state index in [2.05, 4.69) is 4.90 Å². The molecule has 0 aliphatic carbocycles. The number of likely N-dealkylation sites (N-methyl/N-ethyl adjacent to an activating group) is 1. The van der Waals surface area contributed by atoms with Crippen LogP contribution in [0.25, 0.3) is 22.0 Å². The van der Waals surface area contributed by atoms with Crippen molar-refractivity contribution in [2.75, 3.05) is 33.2 Å². The number of nitro groups is 1. The van der Waals surface area contributed by atoms with Gasteiger partial charge in [0.05, 0.1) is 4.92 Å². The number of fused-ring (bicyclic) bond motifs is 1. The van der Waals surface area contributed by atoms with E-state index in [4.69, 9.17) is 0 Å². The monoisotopic (exact) mass is 378 g/mol. The highest BCUT2D eigenvalue weighted by Gasteiger charge is 2.28. The maximum atomic E-state index is 13.5. The van der Waals surface area contributed by atoms with Crippen molar-refractivity contribution in [3.05, 3.63) is 64.3 Å². The topological polar surface area (TPSA) is 71.6 Å². The van der Waals surface area contributed by atoms with Gasteiger partial charge in [0.1, 0.15) is 5.69 Å². The van der Waals surface area contributed by atoms with Crippen LogP contribution in [0.15, 0.2) is 48.5 Å². The van der Waals surface area contributed by atoms with E-state index in [1.54, 1.807) is 12.1 Å². The van der Waals surface area contributed by atoms with Gasteiger partial charge in [0.15, 0.2) is 0 Å². The Labute approximate surface area is 162 Å². The zero-order valence-electron chi connectivity index (χ0n) is 16.0. The molecule has 1 saturated heterocycles. The van der Waals surface area contributed by atoms with Crippen molar-refractivity contribution in [2.45, 2.75) is 0 Å². The molecule has 1 aliphatic rings. The summed E-state index contributed by atoms with van der Waals surface area (Å²) in [6.45, 7) is 3.01. The molecule has 2 aromatic carbocycles. The Bertz CT molecular complexity index is 1050. The molecule has 0 N–H and O–H groups in total. The van der Waals surface area contributed by atoms with Gasteiger partial charge in [-0.3, -0.25) is 14.9 Å². The van der Waals surface area contributed by atoms with Crippen LogP contribution in [-0.2, 0) is 7.05 Å². The molecule has 7 heteroatoms. The second-order valence-electron chi connectivity index (χ2n) is 7.20. The second kappa shape index (κ2) is 7.09. The molecule has 144 valence electrons. The molecule has 1 amide bonds. The highest BCUT2D eigenvalue weighted by atomic mass is 16.6. The van der Waals surface area contributed by atoms with Crippen LogP contribution in [0.1, 0.15) is 10.5 Å². The molecule has 0 saturated carbocycles. The number of amides is 1. The first-order chi connectivity index (χ1) is 13.5. The molecule has 0 atom stereocenters. The van der Waals surface area contributed by atoms with Gasteiger partial charge in [-0.15, -0.1) is 0 Å². The van der Waals surface area contributed by atoms with Crippen molar-refractivity contribution >= 4 is 22.5 Å². The summed E-state index contributed by atoms with van der Waals surface area (Å²) >= 11 is 0. The summed E-state index contributed by atoms with van der Waals surface area (Å²) in [6, 6.07) is 14.4. The van der Waals surface area contributed by atoms with Crippen molar-refractivity contribution in [1.82, 2.24) is 14.4 Å². The first-order valence-corrected chi connectivity index (χ1v) is 9.27. The molecule has 0 unspecified atom stereocenters. The number of benzene rings is 2. The van der Waals surface area contributed by atoms with Crippen molar-refractivity contribution < 1.29 is 9.72 Å². The summed E-state index contributed by atoms with van der Waals surface area (Å²) in [5.74, 6) is -0.0340. The van der Waals surface area contributed by atoms with E-state index in [1.165, 1.54) is 6.07 Å². The number of carbonyl (C=O) groups is 1. The molecule has 0 radical (unpaired) electrons. The number of piperazine rings is 1. The Morgan fingerprint density at radius 1 is 1.00 bits per heavy atom. The fourth-order valence-corrected chi connectivity index (χ4v) is 3.85. The van der Waals surface area contributed by atoms with E-state index in [-0.39, 0.29) is 11.6 Å². The summed E-state index contributed by atoms with van der Waals surface area (Å²) in [6.07, 6.45) is 0. The summed E-state index contributed by atoms with van der Waals surface area (Å²) in [5.41, 5.74) is 3.04. The van der Waals surface area contributed by atoms with E-state index >= 15 is 0 Å². The Balaban J connectivity index is 1.93. The van der Waals surface area contributed by atoms with Gasteiger partial charge in [-0.2, -0.15) is 0 Å². The van der Waals surface area contributed by atoms with Gasteiger partial charge in [0, 0.05) is 61.8 Å². The van der Waals surface area contributed by atoms with Gasteiger partial charge >= 0.3 is 0 Å². The molecule has 3 aromatic rings. The van der Waals surface area contributed by atoms with Gasteiger partial charge in [0.2, 0.25) is 0 Å². The number of hydrogen-bond donors (Lipinski definition) is 0. The number of carbonyl (C=O) groups excluding carboxylic acids is 1. The normalized spacial score (nSPS) is 15.1. The van der Waals surface area contributed by atoms with E-state index in [1.807, 2.05) is 53.9 Å². The van der Waals surface area contributed by atoms with Crippen molar-refractivity contribution in [3.63, 3.8) is 0 Å². The minimum Gasteiger partial charge on any atom is -0.339 e. The molecular formula is C21H22N4O3. The van der Waals surface area contributed by atoms with Crippen LogP contribution in [0.5, 0.6) is 0 Å². The lowest BCUT2D eigenvalue weighted by molar-refractivity contribution is -0.384. The quantitative estimate of drug-likeness (QED) is 0.518. The average Bonchev–Trinajstić information content (AvgIpc) is 3.00. The molecule has 4 rings (SSSR count). The number of rotatable bonds is 3. The first kappa shape index (κ1) is 18.2. The zero-order chi connectivity index (χ0) is 19.8. The van der Waals surface area contributed by atoms with Gasteiger partial charge in [-0.05, 0) is 18.7 Å². The number of aryl methyl sites for hydroxylation is 1. The largest absolute Gasteiger partial charge is 0.339 e. The standard InChI is InChI=1S/C21H22N4O3/c1-22-10-12-24(13-11-22)21(26)20-19(15-6-4-3-5-7-15)17-14-16(25(27)28)8-9-18(17)23(20)2/h3-9,14H,10-13H2,1-2H3. The van der Waals surface area contributed by atoms with Crippen molar-refractivity contribution in [1.29, 1.82) is 0 Å². The molecule has 2 heterocycles. The summed E-state index contributed by atoms with van der Waals surface area (Å²) < 4.78 is 1.86. The predicted octanol–water partition coefficient (Wildman–Crippen LogP) is 3.14.